The van der Waals surface area contributed by atoms with E-state index in [1.165, 1.54) is 18.3 Å². The molecule has 10 heteroatoms. The summed E-state index contributed by atoms with van der Waals surface area (Å²) in [7, 11) is -3.87. The number of carbonyl (C=O) groups is 1. The van der Waals surface area contributed by atoms with Crippen molar-refractivity contribution in [1.82, 2.24) is 10.1 Å². The summed E-state index contributed by atoms with van der Waals surface area (Å²) in [5.74, 6) is 0.185. The first kappa shape index (κ1) is 29.0. The van der Waals surface area contributed by atoms with Gasteiger partial charge in [-0.05, 0) is 86.5 Å². The molecule has 7 nitrogen and oxygen atoms in total. The van der Waals surface area contributed by atoms with Gasteiger partial charge in [-0.25, -0.2) is 13.8 Å². The fourth-order valence-corrected chi connectivity index (χ4v) is 6.08. The summed E-state index contributed by atoms with van der Waals surface area (Å²) in [5, 5.41) is 4.05. The molecule has 3 aromatic carbocycles. The van der Waals surface area contributed by atoms with E-state index in [1.807, 2.05) is 63.2 Å². The van der Waals surface area contributed by atoms with Crippen LogP contribution in [0, 0.1) is 12.8 Å². The second-order valence-corrected chi connectivity index (χ2v) is 12.4. The highest BCUT2D eigenvalue weighted by Gasteiger charge is 2.26. The van der Waals surface area contributed by atoms with Crippen LogP contribution in [-0.4, -0.2) is 26.6 Å². The third-order valence-electron chi connectivity index (χ3n) is 5.29. The lowest BCUT2D eigenvalue weighted by molar-refractivity contribution is -0.123. The van der Waals surface area contributed by atoms with Gasteiger partial charge in [0.2, 0.25) is 10.0 Å². The molecule has 0 saturated carbocycles. The normalized spacial score (nSPS) is 12.6. The number of hydrazone groups is 1. The molecule has 0 aromatic heterocycles. The molecule has 0 bridgehead atoms. The van der Waals surface area contributed by atoms with Crippen LogP contribution >= 0.6 is 31.9 Å². The van der Waals surface area contributed by atoms with Crippen molar-refractivity contribution in [2.45, 2.75) is 44.7 Å². The molecule has 2 N–H and O–H groups in total. The SMILES string of the molecule is Cc1ccc(S(=O)(=O)N[C@@H](CC(C)C)C(=O)N/N=C\c2cc(Br)c(OCc3ccccc3)c(Br)c2)cc1. The quantitative estimate of drug-likeness (QED) is 0.198. The number of sulfonamides is 1. The average molecular weight is 651 g/mol. The van der Waals surface area contributed by atoms with Gasteiger partial charge in [0.05, 0.1) is 20.1 Å². The standard InChI is InChI=1S/C27H29Br2N3O4S/c1-18(2)13-25(32-37(34,35)22-11-9-19(3)10-12-22)27(33)31-30-16-21-14-23(28)26(24(29)15-21)36-17-20-7-5-4-6-8-20/h4-12,14-16,18,25,32H,13,17H2,1-3H3,(H,31,33)/b30-16-/t25-/m0/s1. The first-order chi connectivity index (χ1) is 17.5. The van der Waals surface area contributed by atoms with E-state index in [0.29, 0.717) is 33.3 Å². The lowest BCUT2D eigenvalue weighted by atomic mass is 10.0. The van der Waals surface area contributed by atoms with Gasteiger partial charge in [-0.15, -0.1) is 0 Å². The average Bonchev–Trinajstić information content (AvgIpc) is 2.83. The zero-order valence-corrected chi connectivity index (χ0v) is 24.7. The van der Waals surface area contributed by atoms with Crippen molar-refractivity contribution in [3.8, 4) is 5.75 Å². The van der Waals surface area contributed by atoms with Crippen LogP contribution in [-0.2, 0) is 21.4 Å². The summed E-state index contributed by atoms with van der Waals surface area (Å²) < 4.78 is 35.6. The van der Waals surface area contributed by atoms with Crippen molar-refractivity contribution >= 4 is 54.0 Å². The predicted octanol–water partition coefficient (Wildman–Crippen LogP) is 5.94. The fraction of sp³-hybridized carbons (Fsp3) is 0.259. The number of rotatable bonds is 11. The number of hydrogen-bond donors (Lipinski definition) is 2. The number of aryl methyl sites for hydroxylation is 1. The van der Waals surface area contributed by atoms with Crippen molar-refractivity contribution in [3.05, 3.63) is 92.4 Å². The third-order valence-corrected chi connectivity index (χ3v) is 7.95. The van der Waals surface area contributed by atoms with Crippen molar-refractivity contribution in [2.75, 3.05) is 0 Å². The van der Waals surface area contributed by atoms with Crippen LogP contribution in [0.25, 0.3) is 0 Å². The van der Waals surface area contributed by atoms with E-state index in [9.17, 15) is 13.2 Å². The van der Waals surface area contributed by atoms with Crippen molar-refractivity contribution in [1.29, 1.82) is 0 Å². The smallest absolute Gasteiger partial charge is 0.258 e. The second kappa shape index (κ2) is 13.3. The van der Waals surface area contributed by atoms with Gasteiger partial charge in [0.15, 0.2) is 0 Å². The largest absolute Gasteiger partial charge is 0.487 e. The van der Waals surface area contributed by atoms with E-state index in [0.717, 1.165) is 11.1 Å². The Morgan fingerprint density at radius 3 is 2.24 bits per heavy atom. The van der Waals surface area contributed by atoms with Gasteiger partial charge >= 0.3 is 0 Å². The van der Waals surface area contributed by atoms with Crippen molar-refractivity contribution < 1.29 is 17.9 Å². The Hall–Kier alpha value is -2.53. The van der Waals surface area contributed by atoms with E-state index in [4.69, 9.17) is 4.74 Å². The molecule has 3 rings (SSSR count). The molecule has 37 heavy (non-hydrogen) atoms. The van der Waals surface area contributed by atoms with Crippen LogP contribution in [0.5, 0.6) is 5.75 Å². The molecule has 0 spiro atoms. The number of ether oxygens (including phenoxy) is 1. The van der Waals surface area contributed by atoms with Gasteiger partial charge in [-0.2, -0.15) is 9.82 Å². The molecule has 0 heterocycles. The van der Waals surface area contributed by atoms with Crippen LogP contribution in [0.4, 0.5) is 0 Å². The summed E-state index contributed by atoms with van der Waals surface area (Å²) in [5.41, 5.74) is 5.15. The third kappa shape index (κ3) is 8.77. The van der Waals surface area contributed by atoms with Crippen LogP contribution in [0.15, 0.2) is 85.7 Å². The molecular formula is C27H29Br2N3O4S. The number of benzene rings is 3. The van der Waals surface area contributed by atoms with Gasteiger partial charge in [0.1, 0.15) is 18.4 Å². The van der Waals surface area contributed by atoms with E-state index >= 15 is 0 Å². The maximum absolute atomic E-state index is 12.8. The Morgan fingerprint density at radius 1 is 1.03 bits per heavy atom. The second-order valence-electron chi connectivity index (χ2n) is 8.94. The Bertz CT molecular complexity index is 1320. The molecule has 0 saturated heterocycles. The summed E-state index contributed by atoms with van der Waals surface area (Å²) in [4.78, 5) is 13.0. The van der Waals surface area contributed by atoms with E-state index in [1.54, 1.807) is 12.1 Å². The summed E-state index contributed by atoms with van der Waals surface area (Å²) >= 11 is 7.04. The molecule has 0 radical (unpaired) electrons. The highest BCUT2D eigenvalue weighted by atomic mass is 79.9. The molecule has 0 unspecified atom stereocenters. The lowest BCUT2D eigenvalue weighted by Crippen LogP contribution is -2.46. The van der Waals surface area contributed by atoms with Gasteiger partial charge in [-0.1, -0.05) is 61.9 Å². The number of hydrogen-bond acceptors (Lipinski definition) is 5. The molecule has 0 fully saturated rings. The zero-order chi connectivity index (χ0) is 27.0. The van der Waals surface area contributed by atoms with Crippen molar-refractivity contribution in [2.24, 2.45) is 11.0 Å². The number of amides is 1. The van der Waals surface area contributed by atoms with Crippen LogP contribution < -0.4 is 14.9 Å². The van der Waals surface area contributed by atoms with Crippen LogP contribution in [0.2, 0.25) is 0 Å². The summed E-state index contributed by atoms with van der Waals surface area (Å²) in [6.45, 7) is 6.12. The Morgan fingerprint density at radius 2 is 1.65 bits per heavy atom. The highest BCUT2D eigenvalue weighted by Crippen LogP contribution is 2.35. The molecule has 1 atom stereocenters. The van der Waals surface area contributed by atoms with E-state index in [2.05, 4.69) is 47.1 Å². The maximum Gasteiger partial charge on any atom is 0.258 e. The lowest BCUT2D eigenvalue weighted by Gasteiger charge is -2.19. The number of halogens is 2. The van der Waals surface area contributed by atoms with Gasteiger partial charge in [0.25, 0.3) is 5.91 Å². The summed E-state index contributed by atoms with van der Waals surface area (Å²) in [6, 6.07) is 18.9. The topological polar surface area (TPSA) is 96.9 Å². The van der Waals surface area contributed by atoms with Gasteiger partial charge < -0.3 is 4.74 Å². The molecule has 1 amide bonds. The monoisotopic (exact) mass is 649 g/mol. The van der Waals surface area contributed by atoms with Gasteiger partial charge in [-0.3, -0.25) is 4.79 Å². The maximum atomic E-state index is 12.8. The number of nitrogens with one attached hydrogen (secondary N) is 2. The number of nitrogens with zero attached hydrogens (tertiary/aromatic N) is 1. The molecular weight excluding hydrogens is 622 g/mol. The predicted molar refractivity (Wildman–Crippen MR) is 153 cm³/mol. The first-order valence-corrected chi connectivity index (χ1v) is 14.7. The summed E-state index contributed by atoms with van der Waals surface area (Å²) in [6.07, 6.45) is 1.80. The highest BCUT2D eigenvalue weighted by molar-refractivity contribution is 9.11. The van der Waals surface area contributed by atoms with Crippen molar-refractivity contribution in [3.63, 3.8) is 0 Å². The molecule has 196 valence electrons. The zero-order valence-electron chi connectivity index (χ0n) is 20.7. The molecule has 3 aromatic rings. The Balaban J connectivity index is 1.67. The fourth-order valence-electron chi connectivity index (χ4n) is 3.42. The minimum Gasteiger partial charge on any atom is -0.487 e. The first-order valence-electron chi connectivity index (χ1n) is 11.6. The molecule has 0 aliphatic carbocycles. The van der Waals surface area contributed by atoms with Crippen LogP contribution in [0.3, 0.4) is 0 Å². The molecule has 0 aliphatic heterocycles. The van der Waals surface area contributed by atoms with E-state index < -0.39 is 22.0 Å². The molecule has 0 aliphatic rings. The Kier molecular flexibility index (Phi) is 10.5. The van der Waals surface area contributed by atoms with Crippen LogP contribution in [0.1, 0.15) is 37.0 Å². The Labute approximate surface area is 235 Å². The number of carbonyl (C=O) groups excluding carboxylic acids is 1. The van der Waals surface area contributed by atoms with E-state index in [-0.39, 0.29) is 10.8 Å². The minimum absolute atomic E-state index is 0.0794. The minimum atomic E-state index is -3.87. The van der Waals surface area contributed by atoms with Gasteiger partial charge in [0, 0.05) is 0 Å².